The summed E-state index contributed by atoms with van der Waals surface area (Å²) in [5, 5.41) is 6.21. The minimum absolute atomic E-state index is 0.862. The van der Waals surface area contributed by atoms with Gasteiger partial charge in [0.2, 0.25) is 0 Å². The van der Waals surface area contributed by atoms with Crippen LogP contribution in [0.25, 0.3) is 80.9 Å². The molecule has 186 valence electrons. The number of rotatable bonds is 2. The van der Waals surface area contributed by atoms with Crippen molar-refractivity contribution in [3.63, 3.8) is 0 Å². The molecule has 0 N–H and O–H groups in total. The number of aromatic nitrogens is 4. The van der Waals surface area contributed by atoms with E-state index in [1.165, 1.54) is 36.3 Å². The topological polar surface area (TPSA) is 43.6 Å². The fraction of sp³-hybridized carbons (Fsp3) is 0. The molecule has 0 fully saturated rings. The lowest BCUT2D eigenvalue weighted by Crippen LogP contribution is -2.00. The van der Waals surface area contributed by atoms with E-state index in [0.29, 0.717) is 0 Å². The molecule has 5 heteroatoms. The summed E-state index contributed by atoms with van der Waals surface area (Å²) >= 11 is 1.85. The smallest absolute Gasteiger partial charge is 0.139 e. The molecule has 4 nitrogen and oxygen atoms in total. The van der Waals surface area contributed by atoms with Crippen molar-refractivity contribution in [1.82, 2.24) is 19.5 Å². The van der Waals surface area contributed by atoms with E-state index in [9.17, 15) is 0 Å². The lowest BCUT2D eigenvalue weighted by atomic mass is 10.00. The number of hydrogen-bond donors (Lipinski definition) is 0. The summed E-state index contributed by atoms with van der Waals surface area (Å²) in [6.45, 7) is 0. The molecule has 0 saturated heterocycles. The van der Waals surface area contributed by atoms with Crippen LogP contribution in [0.15, 0.2) is 122 Å². The van der Waals surface area contributed by atoms with Gasteiger partial charge < -0.3 is 0 Å². The predicted molar refractivity (Wildman–Crippen MR) is 168 cm³/mol. The van der Waals surface area contributed by atoms with Gasteiger partial charge in [0.25, 0.3) is 0 Å². The lowest BCUT2D eigenvalue weighted by molar-refractivity contribution is 1.10. The molecule has 0 amide bonds. The maximum absolute atomic E-state index is 5.22. The van der Waals surface area contributed by atoms with Crippen LogP contribution in [0.1, 0.15) is 0 Å². The van der Waals surface area contributed by atoms with Gasteiger partial charge in [-0.15, -0.1) is 11.3 Å². The molecule has 0 aliphatic heterocycles. The maximum Gasteiger partial charge on any atom is 0.139 e. The summed E-state index contributed by atoms with van der Waals surface area (Å²) in [4.78, 5) is 14.9. The second kappa shape index (κ2) is 8.18. The highest BCUT2D eigenvalue weighted by atomic mass is 32.1. The highest BCUT2D eigenvalue weighted by molar-refractivity contribution is 7.27. The average molecular weight is 529 g/mol. The van der Waals surface area contributed by atoms with Crippen molar-refractivity contribution in [3.05, 3.63) is 122 Å². The molecular weight excluding hydrogens is 508 g/mol. The standard InChI is InChI=1S/C35H20N4S/c1-2-10-21(11-3-1)25-20-29(38-26-15-8-18-36-32(25)26)39-27-16-9-19-37-33(27)31-23-13-5-4-12-22(23)30-24-14-6-7-17-28(24)40-35(30)34(31)39/h1-20H. The first-order valence-electron chi connectivity index (χ1n) is 13.3. The Labute approximate surface area is 232 Å². The van der Waals surface area contributed by atoms with Crippen LogP contribution in [-0.2, 0) is 0 Å². The predicted octanol–water partition coefficient (Wildman–Crippen LogP) is 9.31. The molecule has 0 spiro atoms. The van der Waals surface area contributed by atoms with Crippen LogP contribution in [-0.4, -0.2) is 19.5 Å². The van der Waals surface area contributed by atoms with E-state index in [2.05, 4.69) is 95.6 Å². The van der Waals surface area contributed by atoms with Gasteiger partial charge in [-0.1, -0.05) is 72.8 Å². The quantitative estimate of drug-likeness (QED) is 0.225. The van der Waals surface area contributed by atoms with E-state index in [4.69, 9.17) is 15.0 Å². The Balaban J connectivity index is 1.54. The summed E-state index contributed by atoms with van der Waals surface area (Å²) < 4.78 is 4.85. The highest BCUT2D eigenvalue weighted by Gasteiger charge is 2.23. The van der Waals surface area contributed by atoms with Crippen molar-refractivity contribution < 1.29 is 0 Å². The third kappa shape index (κ3) is 2.92. The van der Waals surface area contributed by atoms with Crippen LogP contribution in [0.3, 0.4) is 0 Å². The molecule has 0 aliphatic carbocycles. The minimum atomic E-state index is 0.862. The molecule has 0 aliphatic rings. The van der Waals surface area contributed by atoms with Crippen molar-refractivity contribution in [3.8, 4) is 16.9 Å². The number of nitrogens with zero attached hydrogens (tertiary/aromatic N) is 4. The fourth-order valence-electron chi connectivity index (χ4n) is 6.22. The summed E-state index contributed by atoms with van der Waals surface area (Å²) in [6, 6.07) is 38.3. The number of thiophene rings is 1. The largest absolute Gasteiger partial charge is 0.291 e. The molecule has 0 saturated carbocycles. The van der Waals surface area contributed by atoms with Crippen molar-refractivity contribution in [2.45, 2.75) is 0 Å². The minimum Gasteiger partial charge on any atom is -0.291 e. The van der Waals surface area contributed by atoms with Gasteiger partial charge in [0.1, 0.15) is 5.82 Å². The molecule has 0 unspecified atom stereocenters. The Morgan fingerprint density at radius 3 is 2.15 bits per heavy atom. The van der Waals surface area contributed by atoms with E-state index >= 15 is 0 Å². The van der Waals surface area contributed by atoms with E-state index in [-0.39, 0.29) is 0 Å². The van der Waals surface area contributed by atoms with Gasteiger partial charge in [0, 0.05) is 38.8 Å². The average Bonchev–Trinajstić information content (AvgIpc) is 3.58. The molecule has 0 radical (unpaired) electrons. The Morgan fingerprint density at radius 2 is 1.30 bits per heavy atom. The van der Waals surface area contributed by atoms with E-state index in [1.807, 2.05) is 41.9 Å². The number of benzene rings is 4. The van der Waals surface area contributed by atoms with Crippen LogP contribution in [0.5, 0.6) is 0 Å². The molecule has 9 rings (SSSR count). The van der Waals surface area contributed by atoms with Gasteiger partial charge in [-0.25, -0.2) is 4.98 Å². The van der Waals surface area contributed by atoms with Gasteiger partial charge >= 0.3 is 0 Å². The Hall–Kier alpha value is -5.13. The number of pyridine rings is 3. The molecule has 0 bridgehead atoms. The molecule has 40 heavy (non-hydrogen) atoms. The van der Waals surface area contributed by atoms with Gasteiger partial charge in [-0.2, -0.15) is 0 Å². The van der Waals surface area contributed by atoms with Gasteiger partial charge in [-0.05, 0) is 52.7 Å². The van der Waals surface area contributed by atoms with Crippen molar-refractivity contribution >= 4 is 75.3 Å². The van der Waals surface area contributed by atoms with E-state index in [0.717, 1.165) is 44.5 Å². The lowest BCUT2D eigenvalue weighted by Gasteiger charge is -2.13. The Kier molecular flexibility index (Phi) is 4.45. The van der Waals surface area contributed by atoms with Crippen LogP contribution in [0.4, 0.5) is 0 Å². The monoisotopic (exact) mass is 528 g/mol. The van der Waals surface area contributed by atoms with Crippen LogP contribution in [0, 0.1) is 0 Å². The SMILES string of the molecule is c1ccc(-c2cc(-n3c4cccnc4c4c5ccccc5c5c6ccccc6sc5c43)nc3cccnc23)cc1. The number of hydrogen-bond acceptors (Lipinski definition) is 4. The Bertz CT molecular complexity index is 2440. The fourth-order valence-corrected chi connectivity index (χ4v) is 7.48. The molecule has 0 atom stereocenters. The summed E-state index contributed by atoms with van der Waals surface area (Å²) in [7, 11) is 0. The normalized spacial score (nSPS) is 12.0. The van der Waals surface area contributed by atoms with Gasteiger partial charge in [-0.3, -0.25) is 14.5 Å². The van der Waals surface area contributed by atoms with Gasteiger partial charge in [0.15, 0.2) is 0 Å². The summed E-state index contributed by atoms with van der Waals surface area (Å²) in [6.07, 6.45) is 3.73. The molecule has 9 aromatic rings. The van der Waals surface area contributed by atoms with E-state index in [1.54, 1.807) is 0 Å². The van der Waals surface area contributed by atoms with Crippen LogP contribution in [0.2, 0.25) is 0 Å². The molecular formula is C35H20N4S. The third-order valence-corrected chi connectivity index (χ3v) is 9.04. The molecule has 5 heterocycles. The van der Waals surface area contributed by atoms with Crippen molar-refractivity contribution in [2.24, 2.45) is 0 Å². The van der Waals surface area contributed by atoms with E-state index < -0.39 is 0 Å². The van der Waals surface area contributed by atoms with Crippen molar-refractivity contribution in [1.29, 1.82) is 0 Å². The molecule has 5 aromatic heterocycles. The van der Waals surface area contributed by atoms with Crippen LogP contribution >= 0.6 is 11.3 Å². The summed E-state index contributed by atoms with van der Waals surface area (Å²) in [5.74, 6) is 0.862. The zero-order valence-electron chi connectivity index (χ0n) is 21.2. The first kappa shape index (κ1) is 21.8. The zero-order valence-corrected chi connectivity index (χ0v) is 22.1. The Morgan fingerprint density at radius 1 is 0.600 bits per heavy atom. The van der Waals surface area contributed by atoms with Crippen molar-refractivity contribution in [2.75, 3.05) is 0 Å². The highest BCUT2D eigenvalue weighted by Crippen LogP contribution is 2.47. The molecule has 4 aromatic carbocycles. The van der Waals surface area contributed by atoms with Crippen LogP contribution < -0.4 is 0 Å². The second-order valence-electron chi connectivity index (χ2n) is 10.0. The first-order chi connectivity index (χ1) is 19.9. The first-order valence-corrected chi connectivity index (χ1v) is 14.1. The second-order valence-corrected chi connectivity index (χ2v) is 11.1. The number of fused-ring (bicyclic) bond motifs is 11. The van der Waals surface area contributed by atoms with Gasteiger partial charge in [0.05, 0.1) is 32.3 Å². The summed E-state index contributed by atoms with van der Waals surface area (Å²) in [5.41, 5.74) is 7.13. The third-order valence-electron chi connectivity index (χ3n) is 7.86. The zero-order chi connectivity index (χ0) is 26.2. The maximum atomic E-state index is 5.22.